The normalized spacial score (nSPS) is 17.0. The molecule has 1 fully saturated rings. The molecule has 0 aliphatic carbocycles. The van der Waals surface area contributed by atoms with Crippen molar-refractivity contribution in [2.45, 2.75) is 13.0 Å². The number of ether oxygens (including phenoxy) is 1. The van der Waals surface area contributed by atoms with Gasteiger partial charge in [-0.25, -0.2) is 4.98 Å². The highest BCUT2D eigenvalue weighted by atomic mass is 16.5. The molecule has 1 unspecified atom stereocenters. The SMILES string of the molecule is O=C(O)Cn1ccnc(N2CCC(COc3ccccc3)C2)c1=O. The predicted octanol–water partition coefficient (Wildman–Crippen LogP) is 1.23. The summed E-state index contributed by atoms with van der Waals surface area (Å²) in [6, 6.07) is 9.61. The number of benzene rings is 1. The Morgan fingerprint density at radius 1 is 1.33 bits per heavy atom. The average Bonchev–Trinajstić information content (AvgIpc) is 3.04. The van der Waals surface area contributed by atoms with Crippen molar-refractivity contribution >= 4 is 11.8 Å². The number of aromatic nitrogens is 2. The number of rotatable bonds is 6. The summed E-state index contributed by atoms with van der Waals surface area (Å²) in [7, 11) is 0. The molecule has 1 N–H and O–H groups in total. The fraction of sp³-hybridized carbons (Fsp3) is 0.353. The quantitative estimate of drug-likeness (QED) is 0.858. The molecule has 126 valence electrons. The fourth-order valence-corrected chi connectivity index (χ4v) is 2.81. The van der Waals surface area contributed by atoms with Gasteiger partial charge in [0.2, 0.25) is 0 Å². The van der Waals surface area contributed by atoms with Gasteiger partial charge in [-0.2, -0.15) is 0 Å². The lowest BCUT2D eigenvalue weighted by Gasteiger charge is -2.17. The van der Waals surface area contributed by atoms with Gasteiger partial charge >= 0.3 is 5.97 Å². The molecular formula is C17H19N3O4. The topological polar surface area (TPSA) is 84.7 Å². The first-order valence-corrected chi connectivity index (χ1v) is 7.83. The zero-order valence-corrected chi connectivity index (χ0v) is 13.2. The van der Waals surface area contributed by atoms with E-state index in [2.05, 4.69) is 4.98 Å². The Morgan fingerprint density at radius 3 is 2.88 bits per heavy atom. The van der Waals surface area contributed by atoms with Crippen molar-refractivity contribution in [2.75, 3.05) is 24.6 Å². The second-order valence-corrected chi connectivity index (χ2v) is 5.80. The zero-order valence-electron chi connectivity index (χ0n) is 13.2. The van der Waals surface area contributed by atoms with Gasteiger partial charge in [-0.1, -0.05) is 18.2 Å². The number of para-hydroxylation sites is 1. The molecule has 24 heavy (non-hydrogen) atoms. The highest BCUT2D eigenvalue weighted by Gasteiger charge is 2.26. The van der Waals surface area contributed by atoms with Crippen LogP contribution in [0.3, 0.4) is 0 Å². The third kappa shape index (κ3) is 3.73. The van der Waals surface area contributed by atoms with Crippen molar-refractivity contribution in [3.05, 3.63) is 53.1 Å². The van der Waals surface area contributed by atoms with E-state index < -0.39 is 5.97 Å². The van der Waals surface area contributed by atoms with Crippen LogP contribution in [0.1, 0.15) is 6.42 Å². The molecule has 0 spiro atoms. The molecule has 1 aliphatic rings. The number of anilines is 1. The standard InChI is InChI=1S/C17H19N3O4/c21-15(22)11-20-9-7-18-16(17(20)23)19-8-6-13(10-19)12-24-14-4-2-1-3-5-14/h1-5,7,9,13H,6,8,10-12H2,(H,21,22). The molecule has 7 nitrogen and oxygen atoms in total. The summed E-state index contributed by atoms with van der Waals surface area (Å²) < 4.78 is 6.94. The Balaban J connectivity index is 1.63. The smallest absolute Gasteiger partial charge is 0.323 e. The van der Waals surface area contributed by atoms with Gasteiger partial charge in [0.1, 0.15) is 12.3 Å². The van der Waals surface area contributed by atoms with Crippen LogP contribution >= 0.6 is 0 Å². The van der Waals surface area contributed by atoms with E-state index >= 15 is 0 Å². The van der Waals surface area contributed by atoms with E-state index in [1.54, 1.807) is 0 Å². The van der Waals surface area contributed by atoms with Crippen LogP contribution in [-0.4, -0.2) is 40.3 Å². The molecule has 1 aromatic carbocycles. The van der Waals surface area contributed by atoms with E-state index in [4.69, 9.17) is 9.84 Å². The van der Waals surface area contributed by atoms with E-state index in [0.29, 0.717) is 31.4 Å². The van der Waals surface area contributed by atoms with Gasteiger partial charge in [0.25, 0.3) is 5.56 Å². The predicted molar refractivity (Wildman–Crippen MR) is 88.4 cm³/mol. The summed E-state index contributed by atoms with van der Waals surface area (Å²) in [6.45, 7) is 1.60. The minimum absolute atomic E-state index is 0.305. The number of aliphatic carboxylic acids is 1. The Bertz CT molecular complexity index is 760. The number of hydrogen-bond donors (Lipinski definition) is 1. The summed E-state index contributed by atoms with van der Waals surface area (Å²) in [4.78, 5) is 29.2. The molecule has 1 atom stereocenters. The summed E-state index contributed by atoms with van der Waals surface area (Å²) in [6.07, 6.45) is 3.77. The first kappa shape index (κ1) is 16.0. The van der Waals surface area contributed by atoms with Crippen LogP contribution < -0.4 is 15.2 Å². The minimum atomic E-state index is -1.05. The Hall–Kier alpha value is -2.83. The van der Waals surface area contributed by atoms with Crippen LogP contribution in [0, 0.1) is 5.92 Å². The highest BCUT2D eigenvalue weighted by Crippen LogP contribution is 2.21. The second-order valence-electron chi connectivity index (χ2n) is 5.80. The third-order valence-electron chi connectivity index (χ3n) is 4.02. The van der Waals surface area contributed by atoms with Crippen LogP contribution in [0.4, 0.5) is 5.82 Å². The summed E-state index contributed by atoms with van der Waals surface area (Å²) in [5.74, 6) is 0.392. The molecule has 3 rings (SSSR count). The second kappa shape index (κ2) is 7.16. The molecule has 7 heteroatoms. The van der Waals surface area contributed by atoms with Crippen molar-refractivity contribution < 1.29 is 14.6 Å². The molecule has 0 saturated carbocycles. The van der Waals surface area contributed by atoms with Gasteiger partial charge < -0.3 is 14.7 Å². The molecule has 1 saturated heterocycles. The number of nitrogens with zero attached hydrogens (tertiary/aromatic N) is 3. The monoisotopic (exact) mass is 329 g/mol. The lowest BCUT2D eigenvalue weighted by molar-refractivity contribution is -0.137. The highest BCUT2D eigenvalue weighted by molar-refractivity contribution is 5.66. The van der Waals surface area contributed by atoms with Crippen molar-refractivity contribution in [3.63, 3.8) is 0 Å². The summed E-state index contributed by atoms with van der Waals surface area (Å²) in [5, 5.41) is 8.86. The van der Waals surface area contributed by atoms with Gasteiger partial charge in [0.05, 0.1) is 6.61 Å². The first-order valence-electron chi connectivity index (χ1n) is 7.83. The summed E-state index contributed by atoms with van der Waals surface area (Å²) in [5.41, 5.74) is -0.371. The molecule has 0 amide bonds. The lowest BCUT2D eigenvalue weighted by Crippen LogP contribution is -2.33. The maximum atomic E-state index is 12.3. The summed E-state index contributed by atoms with van der Waals surface area (Å²) >= 11 is 0. The Labute approximate surface area is 139 Å². The molecule has 1 aliphatic heterocycles. The molecule has 0 radical (unpaired) electrons. The van der Waals surface area contributed by atoms with Crippen molar-refractivity contribution in [2.24, 2.45) is 5.92 Å². The number of carboxylic acids is 1. The van der Waals surface area contributed by atoms with E-state index in [1.807, 2.05) is 35.2 Å². The Kier molecular flexibility index (Phi) is 4.79. The number of carboxylic acid groups (broad SMARTS) is 1. The number of hydrogen-bond acceptors (Lipinski definition) is 5. The third-order valence-corrected chi connectivity index (χ3v) is 4.02. The van der Waals surface area contributed by atoms with E-state index in [1.165, 1.54) is 17.0 Å². The molecular weight excluding hydrogens is 310 g/mol. The molecule has 1 aromatic heterocycles. The maximum Gasteiger partial charge on any atom is 0.323 e. The van der Waals surface area contributed by atoms with E-state index in [9.17, 15) is 9.59 Å². The molecule has 0 bridgehead atoms. The van der Waals surface area contributed by atoms with Crippen molar-refractivity contribution in [1.82, 2.24) is 9.55 Å². The van der Waals surface area contributed by atoms with Gasteiger partial charge in [0, 0.05) is 31.4 Å². The van der Waals surface area contributed by atoms with Crippen molar-refractivity contribution in [3.8, 4) is 5.75 Å². The van der Waals surface area contributed by atoms with Crippen molar-refractivity contribution in [1.29, 1.82) is 0 Å². The Morgan fingerprint density at radius 2 is 2.12 bits per heavy atom. The lowest BCUT2D eigenvalue weighted by atomic mass is 10.1. The average molecular weight is 329 g/mol. The molecule has 2 aromatic rings. The van der Waals surface area contributed by atoms with Gasteiger partial charge in [0.15, 0.2) is 5.82 Å². The largest absolute Gasteiger partial charge is 0.493 e. The minimum Gasteiger partial charge on any atom is -0.493 e. The van der Waals surface area contributed by atoms with Crippen LogP contribution in [-0.2, 0) is 11.3 Å². The van der Waals surface area contributed by atoms with Crippen LogP contribution in [0.25, 0.3) is 0 Å². The van der Waals surface area contributed by atoms with Gasteiger partial charge in [-0.05, 0) is 18.6 Å². The van der Waals surface area contributed by atoms with Crippen LogP contribution in [0.5, 0.6) is 5.75 Å². The zero-order chi connectivity index (χ0) is 16.9. The fourth-order valence-electron chi connectivity index (χ4n) is 2.81. The number of carbonyl (C=O) groups is 1. The molecule has 2 heterocycles. The van der Waals surface area contributed by atoms with Crippen LogP contribution in [0.15, 0.2) is 47.5 Å². The maximum absolute atomic E-state index is 12.3. The van der Waals surface area contributed by atoms with E-state index in [0.717, 1.165) is 12.2 Å². The van der Waals surface area contributed by atoms with E-state index in [-0.39, 0.29) is 12.1 Å². The van der Waals surface area contributed by atoms with Crippen LogP contribution in [0.2, 0.25) is 0 Å². The van der Waals surface area contributed by atoms with Gasteiger partial charge in [-0.3, -0.25) is 14.2 Å². The van der Waals surface area contributed by atoms with Gasteiger partial charge in [-0.15, -0.1) is 0 Å². The first-order chi connectivity index (χ1) is 11.6.